The summed E-state index contributed by atoms with van der Waals surface area (Å²) < 4.78 is 83.6. The second-order valence-corrected chi connectivity index (χ2v) is 8.58. The van der Waals surface area contributed by atoms with E-state index in [0.717, 1.165) is 6.20 Å². The molecule has 1 atom stereocenters. The van der Waals surface area contributed by atoms with Gasteiger partial charge < -0.3 is 19.9 Å². The minimum absolute atomic E-state index is 0.00106. The average molecular weight is 557 g/mol. The van der Waals surface area contributed by atoms with Crippen LogP contribution in [0.15, 0.2) is 47.7 Å². The number of nitrogens with one attached hydrogen (secondary N) is 2. The van der Waals surface area contributed by atoms with Crippen LogP contribution in [0.2, 0.25) is 0 Å². The highest BCUT2D eigenvalue weighted by Gasteiger charge is 2.37. The Hall–Kier alpha value is -4.37. The molecule has 0 saturated carbocycles. The summed E-state index contributed by atoms with van der Waals surface area (Å²) in [6, 6.07) is 5.80. The molecule has 3 aromatic rings. The average Bonchev–Trinajstić information content (AvgIpc) is 2.86. The lowest BCUT2D eigenvalue weighted by molar-refractivity contribution is -0.139. The lowest BCUT2D eigenvalue weighted by Crippen LogP contribution is -2.51. The van der Waals surface area contributed by atoms with Gasteiger partial charge in [-0.2, -0.15) is 31.4 Å². The molecule has 0 aliphatic carbocycles. The van der Waals surface area contributed by atoms with E-state index in [1.165, 1.54) is 9.80 Å². The third-order valence-electron chi connectivity index (χ3n) is 5.64. The van der Waals surface area contributed by atoms with Crippen molar-refractivity contribution in [3.8, 4) is 5.75 Å². The van der Waals surface area contributed by atoms with Gasteiger partial charge in [0.25, 0.3) is 5.56 Å². The van der Waals surface area contributed by atoms with Crippen molar-refractivity contribution in [1.29, 1.82) is 0 Å². The summed E-state index contributed by atoms with van der Waals surface area (Å²) in [4.78, 5) is 34.8. The van der Waals surface area contributed by atoms with E-state index in [1.807, 2.05) is 0 Å². The molecule has 0 spiro atoms. The van der Waals surface area contributed by atoms with E-state index in [-0.39, 0.29) is 38.1 Å². The second-order valence-electron chi connectivity index (χ2n) is 8.58. The van der Waals surface area contributed by atoms with Crippen LogP contribution in [-0.4, -0.2) is 58.4 Å². The molecule has 1 aliphatic heterocycles. The first-order valence-electron chi connectivity index (χ1n) is 11.4. The Kier molecular flexibility index (Phi) is 7.65. The van der Waals surface area contributed by atoms with Crippen LogP contribution >= 0.6 is 0 Å². The Bertz CT molecular complexity index is 1380. The molecule has 10 nitrogen and oxygen atoms in total. The van der Waals surface area contributed by atoms with Crippen molar-refractivity contribution >= 4 is 23.2 Å². The summed E-state index contributed by atoms with van der Waals surface area (Å²) in [5, 5.41) is 7.74. The van der Waals surface area contributed by atoms with Crippen molar-refractivity contribution in [2.24, 2.45) is 0 Å². The summed E-state index contributed by atoms with van der Waals surface area (Å²) >= 11 is 0. The van der Waals surface area contributed by atoms with Gasteiger partial charge in [0.15, 0.2) is 0 Å². The molecule has 1 amide bonds. The minimum Gasteiger partial charge on any atom is -0.491 e. The molecular weight excluding hydrogens is 536 g/mol. The summed E-state index contributed by atoms with van der Waals surface area (Å²) in [7, 11) is 0. The number of anilines is 3. The molecule has 2 N–H and O–H groups in total. The Morgan fingerprint density at radius 2 is 1.77 bits per heavy atom. The number of carbonyl (C=O) groups is 1. The maximum absolute atomic E-state index is 13.2. The number of hydrogen-bond donors (Lipinski definition) is 2. The molecule has 39 heavy (non-hydrogen) atoms. The number of benzene rings is 1. The van der Waals surface area contributed by atoms with Crippen LogP contribution in [0.3, 0.4) is 0 Å². The zero-order chi connectivity index (χ0) is 28.4. The number of carbonyl (C=O) groups excluding carboxylic acids is 1. The van der Waals surface area contributed by atoms with Gasteiger partial charge in [0.05, 0.1) is 23.5 Å². The third kappa shape index (κ3) is 6.56. The summed E-state index contributed by atoms with van der Waals surface area (Å²) in [6.45, 7) is 1.76. The van der Waals surface area contributed by atoms with E-state index < -0.39 is 40.8 Å². The fraction of sp³-hybridized carbons (Fsp3) is 0.348. The molecule has 208 valence electrons. The molecule has 16 heteroatoms. The first kappa shape index (κ1) is 27.7. The Balaban J connectivity index is 1.37. The maximum Gasteiger partial charge on any atom is 0.423 e. The Morgan fingerprint density at radius 3 is 2.41 bits per heavy atom. The standard InChI is InChI=1S/C23H21F6N7O3/c1-13(33-17-10-32-34-20(38)19(17)23(27,28)29)12-39-16-4-2-3-15(7-16)36-6-5-35(11-18(36)37)21-30-8-14(9-31-21)22(24,25)26/h2-4,7-10,13H,5-6,11-12H2,1H3,(H2,33,34,38)/t13-/m0/s1. The van der Waals surface area contributed by atoms with Crippen molar-refractivity contribution in [2.75, 3.05) is 41.4 Å². The number of rotatable bonds is 7. The van der Waals surface area contributed by atoms with E-state index in [1.54, 1.807) is 36.3 Å². The number of halogens is 6. The van der Waals surface area contributed by atoms with Gasteiger partial charge in [-0.1, -0.05) is 6.07 Å². The van der Waals surface area contributed by atoms with Gasteiger partial charge in [-0.3, -0.25) is 9.59 Å². The number of alkyl halides is 6. The van der Waals surface area contributed by atoms with Crippen LogP contribution in [-0.2, 0) is 17.1 Å². The maximum atomic E-state index is 13.2. The number of aromatic amines is 1. The van der Waals surface area contributed by atoms with Crippen molar-refractivity contribution in [2.45, 2.75) is 25.3 Å². The molecule has 4 rings (SSSR count). The highest BCUT2D eigenvalue weighted by atomic mass is 19.4. The SMILES string of the molecule is C[C@@H](COc1cccc(N2CCN(c3ncc(C(F)(F)F)cn3)CC2=O)c1)Nc1cn[nH]c(=O)c1C(F)(F)F. The predicted octanol–water partition coefficient (Wildman–Crippen LogP) is 3.33. The van der Waals surface area contributed by atoms with Crippen LogP contribution in [0.5, 0.6) is 5.75 Å². The zero-order valence-electron chi connectivity index (χ0n) is 20.2. The van der Waals surface area contributed by atoms with E-state index in [4.69, 9.17) is 4.74 Å². The smallest absolute Gasteiger partial charge is 0.423 e. The summed E-state index contributed by atoms with van der Waals surface area (Å²) in [6.07, 6.45) is -7.28. The van der Waals surface area contributed by atoms with E-state index in [9.17, 15) is 35.9 Å². The molecule has 2 aromatic heterocycles. The van der Waals surface area contributed by atoms with Gasteiger partial charge in [0, 0.05) is 37.2 Å². The van der Waals surface area contributed by atoms with Gasteiger partial charge in [-0.25, -0.2) is 15.1 Å². The van der Waals surface area contributed by atoms with E-state index in [0.29, 0.717) is 23.8 Å². The van der Waals surface area contributed by atoms with E-state index >= 15 is 0 Å². The predicted molar refractivity (Wildman–Crippen MR) is 126 cm³/mol. The van der Waals surface area contributed by atoms with Gasteiger partial charge in [-0.05, 0) is 19.1 Å². The lowest BCUT2D eigenvalue weighted by atomic mass is 10.2. The van der Waals surface area contributed by atoms with Gasteiger partial charge in [0.2, 0.25) is 11.9 Å². The number of aromatic nitrogens is 4. The van der Waals surface area contributed by atoms with Crippen LogP contribution < -0.4 is 25.4 Å². The largest absolute Gasteiger partial charge is 0.491 e. The topological polar surface area (TPSA) is 116 Å². The van der Waals surface area contributed by atoms with Crippen LogP contribution in [0, 0.1) is 0 Å². The number of hydrogen-bond acceptors (Lipinski definition) is 8. The molecule has 0 radical (unpaired) electrons. The number of H-pyrrole nitrogens is 1. The number of amides is 1. The molecule has 1 aromatic carbocycles. The number of piperazine rings is 1. The molecule has 1 aliphatic rings. The monoisotopic (exact) mass is 557 g/mol. The first-order chi connectivity index (χ1) is 18.3. The third-order valence-corrected chi connectivity index (χ3v) is 5.64. The summed E-state index contributed by atoms with van der Waals surface area (Å²) in [5.41, 5.74) is -3.76. The zero-order valence-corrected chi connectivity index (χ0v) is 20.2. The lowest BCUT2D eigenvalue weighted by Gasteiger charge is -2.34. The molecular formula is C23H21F6N7O3. The first-order valence-corrected chi connectivity index (χ1v) is 11.4. The normalized spacial score (nSPS) is 15.3. The van der Waals surface area contributed by atoms with Gasteiger partial charge in [0.1, 0.15) is 24.5 Å². The number of nitrogens with zero attached hydrogens (tertiary/aromatic N) is 5. The second kappa shape index (κ2) is 10.8. The quantitative estimate of drug-likeness (QED) is 0.425. The van der Waals surface area contributed by atoms with Crippen molar-refractivity contribution in [1.82, 2.24) is 20.2 Å². The molecule has 0 unspecified atom stereocenters. The van der Waals surface area contributed by atoms with Gasteiger partial charge in [-0.15, -0.1) is 0 Å². The fourth-order valence-corrected chi connectivity index (χ4v) is 3.81. The van der Waals surface area contributed by atoms with Crippen LogP contribution in [0.4, 0.5) is 43.7 Å². The number of ether oxygens (including phenoxy) is 1. The molecule has 3 heterocycles. The molecule has 0 bridgehead atoms. The minimum atomic E-state index is -4.89. The summed E-state index contributed by atoms with van der Waals surface area (Å²) in [5.74, 6) is -0.0141. The van der Waals surface area contributed by atoms with Crippen molar-refractivity contribution < 1.29 is 35.9 Å². The van der Waals surface area contributed by atoms with Crippen LogP contribution in [0.1, 0.15) is 18.1 Å². The fourth-order valence-electron chi connectivity index (χ4n) is 3.81. The molecule has 1 saturated heterocycles. The van der Waals surface area contributed by atoms with Crippen molar-refractivity contribution in [3.05, 3.63) is 64.3 Å². The van der Waals surface area contributed by atoms with Crippen LogP contribution in [0.25, 0.3) is 0 Å². The highest BCUT2D eigenvalue weighted by Crippen LogP contribution is 2.32. The molecule has 1 fully saturated rings. The van der Waals surface area contributed by atoms with Gasteiger partial charge >= 0.3 is 12.4 Å². The van der Waals surface area contributed by atoms with Crippen molar-refractivity contribution in [3.63, 3.8) is 0 Å². The highest BCUT2D eigenvalue weighted by molar-refractivity contribution is 5.97. The van der Waals surface area contributed by atoms with E-state index in [2.05, 4.69) is 20.4 Å². The Labute approximate surface area is 216 Å². The Morgan fingerprint density at radius 1 is 1.05 bits per heavy atom.